The minimum atomic E-state index is -0.518. The van der Waals surface area contributed by atoms with Crippen LogP contribution in [0.5, 0.6) is 11.5 Å². The molecular formula is C23H22N2O4. The quantitative estimate of drug-likeness (QED) is 0.482. The smallest absolute Gasteiger partial charge is 0.246 e. The summed E-state index contributed by atoms with van der Waals surface area (Å²) in [5, 5.41) is 8.09. The first kappa shape index (κ1) is 18.7. The number of anilines is 2. The summed E-state index contributed by atoms with van der Waals surface area (Å²) in [6.07, 6.45) is 0. The summed E-state index contributed by atoms with van der Waals surface area (Å²) in [7, 11) is 3.17. The molecule has 0 spiro atoms. The molecule has 0 saturated heterocycles. The molecule has 6 heteroatoms. The van der Waals surface area contributed by atoms with Gasteiger partial charge < -0.3 is 24.5 Å². The Morgan fingerprint density at radius 3 is 2.38 bits per heavy atom. The highest BCUT2D eigenvalue weighted by atomic mass is 16.5. The van der Waals surface area contributed by atoms with E-state index in [4.69, 9.17) is 13.9 Å². The molecule has 4 aromatic rings. The molecule has 4 rings (SSSR count). The van der Waals surface area contributed by atoms with E-state index < -0.39 is 6.04 Å². The fourth-order valence-corrected chi connectivity index (χ4v) is 3.32. The third-order valence-electron chi connectivity index (χ3n) is 4.83. The van der Waals surface area contributed by atoms with Crippen molar-refractivity contribution in [3.05, 3.63) is 60.7 Å². The number of hydrogen-bond acceptors (Lipinski definition) is 5. The van der Waals surface area contributed by atoms with Crippen molar-refractivity contribution in [1.29, 1.82) is 0 Å². The summed E-state index contributed by atoms with van der Waals surface area (Å²) in [4.78, 5) is 12.7. The van der Waals surface area contributed by atoms with Crippen LogP contribution in [0.2, 0.25) is 0 Å². The van der Waals surface area contributed by atoms with Gasteiger partial charge in [0.25, 0.3) is 0 Å². The van der Waals surface area contributed by atoms with Gasteiger partial charge in [0.1, 0.15) is 28.7 Å². The predicted molar refractivity (Wildman–Crippen MR) is 115 cm³/mol. The van der Waals surface area contributed by atoms with Crippen LogP contribution >= 0.6 is 0 Å². The molecule has 0 saturated carbocycles. The maximum absolute atomic E-state index is 12.7. The Labute approximate surface area is 168 Å². The zero-order valence-electron chi connectivity index (χ0n) is 16.5. The fraction of sp³-hybridized carbons (Fsp3) is 0.174. The molecule has 1 amide bonds. The number of methoxy groups -OCH3 is 2. The van der Waals surface area contributed by atoms with E-state index in [9.17, 15) is 4.79 Å². The van der Waals surface area contributed by atoms with Gasteiger partial charge in [-0.05, 0) is 31.2 Å². The van der Waals surface area contributed by atoms with Gasteiger partial charge >= 0.3 is 0 Å². The van der Waals surface area contributed by atoms with Gasteiger partial charge in [0.05, 0.1) is 25.6 Å². The Hall–Kier alpha value is -3.67. The van der Waals surface area contributed by atoms with Crippen molar-refractivity contribution < 1.29 is 18.7 Å². The van der Waals surface area contributed by atoms with Crippen LogP contribution < -0.4 is 20.1 Å². The van der Waals surface area contributed by atoms with Crippen molar-refractivity contribution in [3.63, 3.8) is 0 Å². The Kier molecular flexibility index (Phi) is 4.99. The Balaban J connectivity index is 1.60. The van der Waals surface area contributed by atoms with Crippen molar-refractivity contribution in [2.45, 2.75) is 13.0 Å². The number of nitrogens with one attached hydrogen (secondary N) is 2. The number of benzene rings is 3. The molecule has 0 radical (unpaired) electrons. The number of carbonyl (C=O) groups is 1. The summed E-state index contributed by atoms with van der Waals surface area (Å²) in [6.45, 7) is 1.78. The number of rotatable bonds is 6. The predicted octanol–water partition coefficient (Wildman–Crippen LogP) is 5.04. The van der Waals surface area contributed by atoms with Crippen LogP contribution in [-0.2, 0) is 4.79 Å². The largest absolute Gasteiger partial charge is 0.495 e. The first-order valence-electron chi connectivity index (χ1n) is 9.30. The molecular weight excluding hydrogens is 368 g/mol. The van der Waals surface area contributed by atoms with Crippen LogP contribution in [0.3, 0.4) is 0 Å². The van der Waals surface area contributed by atoms with Gasteiger partial charge in [0.15, 0.2) is 0 Å². The van der Waals surface area contributed by atoms with Crippen molar-refractivity contribution in [3.8, 4) is 11.5 Å². The second-order valence-electron chi connectivity index (χ2n) is 6.70. The van der Waals surface area contributed by atoms with Crippen molar-refractivity contribution >= 4 is 39.2 Å². The van der Waals surface area contributed by atoms with E-state index in [1.165, 1.54) is 0 Å². The van der Waals surface area contributed by atoms with E-state index in [1.807, 2.05) is 48.5 Å². The molecule has 2 N–H and O–H groups in total. The zero-order chi connectivity index (χ0) is 20.4. The van der Waals surface area contributed by atoms with Crippen molar-refractivity contribution in [2.24, 2.45) is 0 Å². The van der Waals surface area contributed by atoms with Gasteiger partial charge in [0, 0.05) is 16.8 Å². The number of ether oxygens (including phenoxy) is 2. The van der Waals surface area contributed by atoms with E-state index in [2.05, 4.69) is 10.6 Å². The summed E-state index contributed by atoms with van der Waals surface area (Å²) in [5.41, 5.74) is 2.84. The monoisotopic (exact) mass is 390 g/mol. The second kappa shape index (κ2) is 7.75. The normalized spacial score (nSPS) is 12.0. The van der Waals surface area contributed by atoms with Gasteiger partial charge in [-0.1, -0.05) is 30.3 Å². The summed E-state index contributed by atoms with van der Waals surface area (Å²) < 4.78 is 16.8. The third-order valence-corrected chi connectivity index (χ3v) is 4.83. The average molecular weight is 390 g/mol. The second-order valence-corrected chi connectivity index (χ2v) is 6.70. The van der Waals surface area contributed by atoms with Gasteiger partial charge in [-0.15, -0.1) is 0 Å². The van der Waals surface area contributed by atoms with Crippen LogP contribution in [0, 0.1) is 0 Å². The highest BCUT2D eigenvalue weighted by Crippen LogP contribution is 2.36. The Morgan fingerprint density at radius 2 is 1.59 bits per heavy atom. The summed E-state index contributed by atoms with van der Waals surface area (Å²) >= 11 is 0. The van der Waals surface area contributed by atoms with Gasteiger partial charge in [-0.25, -0.2) is 0 Å². The third kappa shape index (κ3) is 3.57. The minimum Gasteiger partial charge on any atom is -0.495 e. The zero-order valence-corrected chi connectivity index (χ0v) is 16.5. The van der Waals surface area contributed by atoms with Crippen LogP contribution in [0.15, 0.2) is 65.1 Å². The topological polar surface area (TPSA) is 72.7 Å². The molecule has 0 aliphatic heterocycles. The molecule has 29 heavy (non-hydrogen) atoms. The van der Waals surface area contributed by atoms with Crippen LogP contribution in [0.1, 0.15) is 6.92 Å². The lowest BCUT2D eigenvalue weighted by Gasteiger charge is -2.18. The summed E-state index contributed by atoms with van der Waals surface area (Å²) in [6, 6.07) is 18.4. The van der Waals surface area contributed by atoms with Crippen LogP contribution in [-0.4, -0.2) is 26.2 Å². The number of para-hydroxylation sites is 3. The average Bonchev–Trinajstić information content (AvgIpc) is 3.10. The van der Waals surface area contributed by atoms with Crippen molar-refractivity contribution in [1.82, 2.24) is 0 Å². The lowest BCUT2D eigenvalue weighted by atomic mass is 10.1. The molecule has 0 aliphatic carbocycles. The number of carbonyl (C=O) groups excluding carboxylic acids is 1. The van der Waals surface area contributed by atoms with Crippen LogP contribution in [0.4, 0.5) is 11.4 Å². The fourth-order valence-electron chi connectivity index (χ4n) is 3.32. The van der Waals surface area contributed by atoms with Gasteiger partial charge in [0.2, 0.25) is 5.91 Å². The van der Waals surface area contributed by atoms with Gasteiger partial charge in [-0.3, -0.25) is 4.79 Å². The maximum atomic E-state index is 12.7. The first-order chi connectivity index (χ1) is 14.1. The Morgan fingerprint density at radius 1 is 0.862 bits per heavy atom. The standard InChI is InChI=1S/C23H22N2O4/c1-14(23(26)25-17-9-5-7-11-20(17)27-2)24-18-13-21-16(12-22(18)28-3)15-8-4-6-10-19(15)29-21/h4-14,24H,1-3H3,(H,25,26)/t14-/m0/s1. The Bertz CT molecular complexity index is 1180. The number of amides is 1. The van der Waals surface area contributed by atoms with E-state index >= 15 is 0 Å². The first-order valence-corrected chi connectivity index (χ1v) is 9.30. The number of furan rings is 1. The molecule has 0 unspecified atom stereocenters. The molecule has 6 nitrogen and oxygen atoms in total. The van der Waals surface area contributed by atoms with E-state index in [0.29, 0.717) is 22.9 Å². The molecule has 1 aromatic heterocycles. The maximum Gasteiger partial charge on any atom is 0.246 e. The van der Waals surface area contributed by atoms with E-state index in [1.54, 1.807) is 33.3 Å². The number of fused-ring (bicyclic) bond motifs is 3. The molecule has 1 atom stereocenters. The highest BCUT2D eigenvalue weighted by Gasteiger charge is 2.18. The van der Waals surface area contributed by atoms with E-state index in [0.717, 1.165) is 21.9 Å². The minimum absolute atomic E-state index is 0.193. The highest BCUT2D eigenvalue weighted by molar-refractivity contribution is 6.07. The molecule has 0 fully saturated rings. The summed E-state index contributed by atoms with van der Waals surface area (Å²) in [5.74, 6) is 1.05. The molecule has 3 aromatic carbocycles. The molecule has 0 aliphatic rings. The van der Waals surface area contributed by atoms with E-state index in [-0.39, 0.29) is 5.91 Å². The van der Waals surface area contributed by atoms with Gasteiger partial charge in [-0.2, -0.15) is 0 Å². The van der Waals surface area contributed by atoms with Crippen LogP contribution in [0.25, 0.3) is 21.9 Å². The van der Waals surface area contributed by atoms with Crippen molar-refractivity contribution in [2.75, 3.05) is 24.9 Å². The molecule has 0 bridgehead atoms. The molecule has 1 heterocycles. The number of hydrogen-bond donors (Lipinski definition) is 2. The SMILES string of the molecule is COc1ccccc1NC(=O)[C@H](C)Nc1cc2oc3ccccc3c2cc1OC. The lowest BCUT2D eigenvalue weighted by Crippen LogP contribution is -2.32. The molecule has 148 valence electrons. The lowest BCUT2D eigenvalue weighted by molar-refractivity contribution is -0.116.